The maximum absolute atomic E-state index is 5.69. The van der Waals surface area contributed by atoms with Crippen molar-refractivity contribution in [3.8, 4) is 0 Å². The van der Waals surface area contributed by atoms with Crippen LogP contribution in [-0.2, 0) is 17.6 Å². The molecule has 1 heterocycles. The van der Waals surface area contributed by atoms with Crippen molar-refractivity contribution >= 4 is 29.9 Å². The predicted molar refractivity (Wildman–Crippen MR) is 117 cm³/mol. The molecule has 2 rings (SSSR count). The predicted octanol–water partition coefficient (Wildman–Crippen LogP) is 3.64. The zero-order chi connectivity index (χ0) is 17.6. The van der Waals surface area contributed by atoms with Crippen molar-refractivity contribution in [2.45, 2.75) is 26.2 Å². The van der Waals surface area contributed by atoms with Gasteiger partial charge in [0.1, 0.15) is 5.76 Å². The van der Waals surface area contributed by atoms with Crippen molar-refractivity contribution in [1.29, 1.82) is 0 Å². The highest BCUT2D eigenvalue weighted by atomic mass is 127. The van der Waals surface area contributed by atoms with Crippen molar-refractivity contribution in [3.63, 3.8) is 0 Å². The Morgan fingerprint density at radius 2 is 1.88 bits per heavy atom. The highest BCUT2D eigenvalue weighted by Crippen LogP contribution is 2.00. The third-order valence-electron chi connectivity index (χ3n) is 3.68. The first kappa shape index (κ1) is 22.5. The van der Waals surface area contributed by atoms with E-state index in [4.69, 9.17) is 9.15 Å². The Kier molecular flexibility index (Phi) is 12.6. The highest BCUT2D eigenvalue weighted by Gasteiger charge is 1.99. The van der Waals surface area contributed by atoms with Crippen LogP contribution in [0.3, 0.4) is 0 Å². The van der Waals surface area contributed by atoms with Gasteiger partial charge in [-0.05, 0) is 37.5 Å². The molecular weight excluding hydrogens is 441 g/mol. The first-order valence-corrected chi connectivity index (χ1v) is 9.04. The molecule has 1 aromatic carbocycles. The summed E-state index contributed by atoms with van der Waals surface area (Å²) in [6, 6.07) is 14.3. The van der Waals surface area contributed by atoms with Crippen LogP contribution in [0.5, 0.6) is 0 Å². The van der Waals surface area contributed by atoms with Crippen molar-refractivity contribution in [3.05, 3.63) is 60.1 Å². The second-order valence-electron chi connectivity index (χ2n) is 5.72. The fourth-order valence-electron chi connectivity index (χ4n) is 2.39. The largest absolute Gasteiger partial charge is 0.469 e. The summed E-state index contributed by atoms with van der Waals surface area (Å²) in [7, 11) is 0. The van der Waals surface area contributed by atoms with Gasteiger partial charge in [0.25, 0.3) is 0 Å². The lowest BCUT2D eigenvalue weighted by Gasteiger charge is -2.10. The molecule has 0 aliphatic rings. The second kappa shape index (κ2) is 14.6. The van der Waals surface area contributed by atoms with Gasteiger partial charge in [-0.1, -0.05) is 30.3 Å². The molecule has 0 radical (unpaired) electrons. The summed E-state index contributed by atoms with van der Waals surface area (Å²) in [4.78, 5) is 4.57. The van der Waals surface area contributed by atoms with E-state index in [-0.39, 0.29) is 24.0 Å². The van der Waals surface area contributed by atoms with E-state index >= 15 is 0 Å². The molecule has 26 heavy (non-hydrogen) atoms. The lowest BCUT2D eigenvalue weighted by Crippen LogP contribution is -2.38. The number of nitrogens with one attached hydrogen (secondary N) is 2. The SMILES string of the molecule is CCNC(=NCCCOCCc1ccccc1)NCCc1ccco1.I. The smallest absolute Gasteiger partial charge is 0.191 e. The van der Waals surface area contributed by atoms with E-state index in [0.29, 0.717) is 0 Å². The summed E-state index contributed by atoms with van der Waals surface area (Å²) in [5.74, 6) is 1.83. The van der Waals surface area contributed by atoms with E-state index < -0.39 is 0 Å². The van der Waals surface area contributed by atoms with Crippen LogP contribution in [0.15, 0.2) is 58.1 Å². The van der Waals surface area contributed by atoms with Gasteiger partial charge in [0.05, 0.1) is 12.9 Å². The van der Waals surface area contributed by atoms with Crippen LogP contribution in [0.1, 0.15) is 24.7 Å². The molecule has 0 spiro atoms. The zero-order valence-electron chi connectivity index (χ0n) is 15.4. The molecule has 0 bridgehead atoms. The van der Waals surface area contributed by atoms with Crippen molar-refractivity contribution in [2.24, 2.45) is 4.99 Å². The topological polar surface area (TPSA) is 58.8 Å². The number of nitrogens with zero attached hydrogens (tertiary/aromatic N) is 1. The maximum Gasteiger partial charge on any atom is 0.191 e. The van der Waals surface area contributed by atoms with Crippen LogP contribution in [0, 0.1) is 0 Å². The van der Waals surface area contributed by atoms with E-state index in [9.17, 15) is 0 Å². The Morgan fingerprint density at radius 3 is 2.62 bits per heavy atom. The summed E-state index contributed by atoms with van der Waals surface area (Å²) in [5.41, 5.74) is 1.32. The van der Waals surface area contributed by atoms with E-state index in [0.717, 1.165) is 63.8 Å². The lowest BCUT2D eigenvalue weighted by molar-refractivity contribution is 0.136. The molecule has 0 aliphatic heterocycles. The molecule has 1 aromatic heterocycles. The number of guanidine groups is 1. The van der Waals surface area contributed by atoms with Crippen molar-refractivity contribution < 1.29 is 9.15 Å². The third kappa shape index (κ3) is 9.82. The van der Waals surface area contributed by atoms with Crippen molar-refractivity contribution in [1.82, 2.24) is 10.6 Å². The summed E-state index contributed by atoms with van der Waals surface area (Å²) in [6.45, 7) is 5.96. The average molecular weight is 471 g/mol. The van der Waals surface area contributed by atoms with E-state index in [1.54, 1.807) is 6.26 Å². The molecule has 0 atom stereocenters. The molecule has 0 unspecified atom stereocenters. The Morgan fingerprint density at radius 1 is 1.04 bits per heavy atom. The van der Waals surface area contributed by atoms with Crippen LogP contribution < -0.4 is 10.6 Å². The van der Waals surface area contributed by atoms with Gasteiger partial charge in [-0.25, -0.2) is 0 Å². The van der Waals surface area contributed by atoms with Crippen LogP contribution >= 0.6 is 24.0 Å². The highest BCUT2D eigenvalue weighted by molar-refractivity contribution is 14.0. The van der Waals surface area contributed by atoms with Gasteiger partial charge < -0.3 is 19.8 Å². The molecule has 0 saturated heterocycles. The molecule has 0 aliphatic carbocycles. The maximum atomic E-state index is 5.69. The van der Waals surface area contributed by atoms with Gasteiger partial charge >= 0.3 is 0 Å². The molecule has 144 valence electrons. The summed E-state index contributed by atoms with van der Waals surface area (Å²) >= 11 is 0. The normalized spacial score (nSPS) is 11.0. The molecule has 0 amide bonds. The Bertz CT molecular complexity index is 588. The monoisotopic (exact) mass is 471 g/mol. The summed E-state index contributed by atoms with van der Waals surface area (Å²) in [6.07, 6.45) is 4.43. The van der Waals surface area contributed by atoms with E-state index in [2.05, 4.69) is 46.8 Å². The summed E-state index contributed by atoms with van der Waals surface area (Å²) < 4.78 is 11.0. The Balaban J connectivity index is 0.00000338. The number of aliphatic imine (C=N–C) groups is 1. The number of hydrogen-bond acceptors (Lipinski definition) is 3. The van der Waals surface area contributed by atoms with Gasteiger partial charge in [-0.15, -0.1) is 24.0 Å². The molecule has 2 N–H and O–H groups in total. The van der Waals surface area contributed by atoms with Gasteiger partial charge in [0.15, 0.2) is 5.96 Å². The Hall–Kier alpha value is -1.54. The van der Waals surface area contributed by atoms with Crippen LogP contribution in [0.4, 0.5) is 0 Å². The number of benzene rings is 1. The molecule has 0 saturated carbocycles. The minimum Gasteiger partial charge on any atom is -0.469 e. The number of furan rings is 1. The quantitative estimate of drug-likeness (QED) is 0.228. The van der Waals surface area contributed by atoms with Gasteiger partial charge in [0.2, 0.25) is 0 Å². The molecule has 5 nitrogen and oxygen atoms in total. The average Bonchev–Trinajstić information content (AvgIpc) is 3.15. The summed E-state index contributed by atoms with van der Waals surface area (Å²) in [5, 5.41) is 6.57. The fraction of sp³-hybridized carbons (Fsp3) is 0.450. The number of ether oxygens (including phenoxy) is 1. The van der Waals surface area contributed by atoms with Crippen LogP contribution in [0.25, 0.3) is 0 Å². The Labute approximate surface area is 173 Å². The minimum absolute atomic E-state index is 0. The minimum atomic E-state index is 0. The van der Waals surface area contributed by atoms with Crippen LogP contribution in [0.2, 0.25) is 0 Å². The van der Waals surface area contributed by atoms with E-state index in [1.807, 2.05) is 18.2 Å². The number of hydrogen-bond donors (Lipinski definition) is 2. The second-order valence-corrected chi connectivity index (χ2v) is 5.72. The molecule has 6 heteroatoms. The number of halogens is 1. The van der Waals surface area contributed by atoms with Gasteiger partial charge in [0, 0.05) is 32.7 Å². The molecule has 2 aromatic rings. The van der Waals surface area contributed by atoms with E-state index in [1.165, 1.54) is 5.56 Å². The third-order valence-corrected chi connectivity index (χ3v) is 3.68. The molecule has 0 fully saturated rings. The number of rotatable bonds is 11. The lowest BCUT2D eigenvalue weighted by atomic mass is 10.2. The van der Waals surface area contributed by atoms with Crippen LogP contribution in [-0.4, -0.2) is 38.8 Å². The fourth-order valence-corrected chi connectivity index (χ4v) is 2.39. The van der Waals surface area contributed by atoms with Gasteiger partial charge in [-0.2, -0.15) is 0 Å². The zero-order valence-corrected chi connectivity index (χ0v) is 17.8. The van der Waals surface area contributed by atoms with Gasteiger partial charge in [-0.3, -0.25) is 4.99 Å². The molecular formula is C20H30IN3O2. The standard InChI is InChI=1S/C20H29N3O2.HI/c1-2-21-20(23-14-11-19-10-6-16-25-19)22-13-7-15-24-17-12-18-8-4-3-5-9-18;/h3-6,8-10,16H,2,7,11-15,17H2,1H3,(H2,21,22,23);1H. The van der Waals surface area contributed by atoms with Crippen molar-refractivity contribution in [2.75, 3.05) is 32.8 Å². The first-order valence-electron chi connectivity index (χ1n) is 9.04. The first-order chi connectivity index (χ1) is 12.4.